The molecule has 1 aliphatic carbocycles. The second-order valence-corrected chi connectivity index (χ2v) is 7.94. The highest BCUT2D eigenvalue weighted by Gasteiger charge is 2.35. The number of nitrogens with zero attached hydrogens (tertiary/aromatic N) is 2. The largest absolute Gasteiger partial charge is 0.385 e. The Labute approximate surface area is 159 Å². The van der Waals surface area contributed by atoms with Gasteiger partial charge < -0.3 is 10.0 Å². The van der Waals surface area contributed by atoms with E-state index in [9.17, 15) is 5.11 Å². The molecule has 5 rings (SSSR count). The third kappa shape index (κ3) is 3.04. The average molecular weight is 359 g/mol. The molecule has 0 spiro atoms. The fraction of sp³-hybridized carbons (Fsp3) is 0.348. The Balaban J connectivity index is 1.36. The van der Waals surface area contributed by atoms with Gasteiger partial charge in [0, 0.05) is 30.5 Å². The minimum atomic E-state index is -0.570. The quantitative estimate of drug-likeness (QED) is 0.726. The molecule has 138 valence electrons. The number of aromatic amines is 1. The van der Waals surface area contributed by atoms with Crippen molar-refractivity contribution >= 4 is 5.69 Å². The van der Waals surface area contributed by atoms with Crippen LogP contribution in [0.15, 0.2) is 54.9 Å². The SMILES string of the molecule is OC1(c2ccc(CN3CCCc4cc(-c5cn[nH]c5)ccc43)cc2)CCC1. The topological polar surface area (TPSA) is 52.1 Å². The zero-order valence-corrected chi connectivity index (χ0v) is 15.5. The molecule has 0 amide bonds. The van der Waals surface area contributed by atoms with Gasteiger partial charge in [-0.1, -0.05) is 30.3 Å². The van der Waals surface area contributed by atoms with Crippen molar-refractivity contribution in [1.29, 1.82) is 0 Å². The number of benzene rings is 2. The number of aliphatic hydroxyl groups is 1. The number of aryl methyl sites for hydroxylation is 1. The van der Waals surface area contributed by atoms with Crippen LogP contribution < -0.4 is 4.90 Å². The smallest absolute Gasteiger partial charge is 0.0896 e. The van der Waals surface area contributed by atoms with Crippen LogP contribution in [0.25, 0.3) is 11.1 Å². The van der Waals surface area contributed by atoms with Crippen molar-refractivity contribution in [2.75, 3.05) is 11.4 Å². The van der Waals surface area contributed by atoms with Gasteiger partial charge in [-0.15, -0.1) is 0 Å². The van der Waals surface area contributed by atoms with Crippen LogP contribution in [0.2, 0.25) is 0 Å². The number of rotatable bonds is 4. The highest BCUT2D eigenvalue weighted by molar-refractivity contribution is 5.68. The predicted octanol–water partition coefficient (Wildman–Crippen LogP) is 4.40. The molecule has 2 heterocycles. The first-order valence-electron chi connectivity index (χ1n) is 9.90. The van der Waals surface area contributed by atoms with Crippen molar-refractivity contribution in [3.8, 4) is 11.1 Å². The number of aromatic nitrogens is 2. The molecule has 0 radical (unpaired) electrons. The van der Waals surface area contributed by atoms with Gasteiger partial charge in [-0.3, -0.25) is 5.10 Å². The Bertz CT molecular complexity index is 927. The second kappa shape index (κ2) is 6.54. The van der Waals surface area contributed by atoms with Crippen LogP contribution in [0.5, 0.6) is 0 Å². The maximum absolute atomic E-state index is 10.5. The number of anilines is 1. The number of H-pyrrole nitrogens is 1. The molecule has 1 aliphatic heterocycles. The van der Waals surface area contributed by atoms with E-state index in [1.807, 2.05) is 12.4 Å². The van der Waals surface area contributed by atoms with Gasteiger partial charge in [-0.05, 0) is 66.5 Å². The van der Waals surface area contributed by atoms with Gasteiger partial charge in [0.25, 0.3) is 0 Å². The first kappa shape index (κ1) is 16.6. The lowest BCUT2D eigenvalue weighted by molar-refractivity contribution is -0.0388. The van der Waals surface area contributed by atoms with Crippen LogP contribution in [-0.4, -0.2) is 21.8 Å². The summed E-state index contributed by atoms with van der Waals surface area (Å²) < 4.78 is 0. The van der Waals surface area contributed by atoms with Crippen LogP contribution >= 0.6 is 0 Å². The van der Waals surface area contributed by atoms with E-state index in [2.05, 4.69) is 57.6 Å². The Hall–Kier alpha value is -2.59. The zero-order chi connectivity index (χ0) is 18.3. The molecule has 2 N–H and O–H groups in total. The molecule has 0 unspecified atom stereocenters. The molecular weight excluding hydrogens is 334 g/mol. The monoisotopic (exact) mass is 359 g/mol. The maximum Gasteiger partial charge on any atom is 0.0896 e. The molecule has 27 heavy (non-hydrogen) atoms. The molecule has 0 saturated heterocycles. The summed E-state index contributed by atoms with van der Waals surface area (Å²) in [6.45, 7) is 2.00. The summed E-state index contributed by atoms with van der Waals surface area (Å²) in [6.07, 6.45) is 9.04. The van der Waals surface area contributed by atoms with Crippen LogP contribution in [-0.2, 0) is 18.6 Å². The first-order chi connectivity index (χ1) is 13.2. The Morgan fingerprint density at radius 2 is 1.89 bits per heavy atom. The molecule has 1 fully saturated rings. The van der Waals surface area contributed by atoms with Crippen molar-refractivity contribution in [2.45, 2.75) is 44.2 Å². The lowest BCUT2D eigenvalue weighted by Crippen LogP contribution is -2.33. The van der Waals surface area contributed by atoms with Gasteiger partial charge in [-0.2, -0.15) is 5.10 Å². The van der Waals surface area contributed by atoms with Crippen molar-refractivity contribution in [2.24, 2.45) is 0 Å². The van der Waals surface area contributed by atoms with Crippen LogP contribution in [0.4, 0.5) is 5.69 Å². The molecule has 1 saturated carbocycles. The van der Waals surface area contributed by atoms with E-state index in [0.717, 1.165) is 49.9 Å². The normalized spacial score (nSPS) is 18.0. The summed E-state index contributed by atoms with van der Waals surface area (Å²) in [5, 5.41) is 17.5. The first-order valence-corrected chi connectivity index (χ1v) is 9.90. The van der Waals surface area contributed by atoms with Gasteiger partial charge >= 0.3 is 0 Å². The van der Waals surface area contributed by atoms with E-state index >= 15 is 0 Å². The van der Waals surface area contributed by atoms with Gasteiger partial charge in [0.1, 0.15) is 0 Å². The molecule has 4 nitrogen and oxygen atoms in total. The predicted molar refractivity (Wildman–Crippen MR) is 108 cm³/mol. The molecule has 2 aromatic carbocycles. The third-order valence-corrected chi connectivity index (χ3v) is 6.17. The van der Waals surface area contributed by atoms with E-state index in [1.54, 1.807) is 0 Å². The summed E-state index contributed by atoms with van der Waals surface area (Å²) in [5.41, 5.74) is 6.92. The zero-order valence-electron chi connectivity index (χ0n) is 15.5. The number of nitrogens with one attached hydrogen (secondary N) is 1. The van der Waals surface area contributed by atoms with Gasteiger partial charge in [0.05, 0.1) is 11.8 Å². The van der Waals surface area contributed by atoms with E-state index in [4.69, 9.17) is 0 Å². The van der Waals surface area contributed by atoms with Crippen molar-refractivity contribution in [1.82, 2.24) is 10.2 Å². The minimum absolute atomic E-state index is 0.570. The second-order valence-electron chi connectivity index (χ2n) is 7.94. The van der Waals surface area contributed by atoms with E-state index in [-0.39, 0.29) is 0 Å². The molecule has 0 bridgehead atoms. The van der Waals surface area contributed by atoms with Crippen molar-refractivity contribution in [3.05, 3.63) is 71.5 Å². The van der Waals surface area contributed by atoms with E-state index in [1.165, 1.54) is 28.8 Å². The van der Waals surface area contributed by atoms with Crippen LogP contribution in [0.3, 0.4) is 0 Å². The molecule has 0 atom stereocenters. The maximum atomic E-state index is 10.5. The molecule has 3 aromatic rings. The highest BCUT2D eigenvalue weighted by atomic mass is 16.3. The van der Waals surface area contributed by atoms with Gasteiger partial charge in [0.15, 0.2) is 0 Å². The lowest BCUT2D eigenvalue weighted by Gasteiger charge is -2.37. The molecule has 4 heteroatoms. The van der Waals surface area contributed by atoms with Crippen molar-refractivity contribution < 1.29 is 5.11 Å². The van der Waals surface area contributed by atoms with Crippen molar-refractivity contribution in [3.63, 3.8) is 0 Å². The minimum Gasteiger partial charge on any atom is -0.385 e. The summed E-state index contributed by atoms with van der Waals surface area (Å²) >= 11 is 0. The highest BCUT2D eigenvalue weighted by Crippen LogP contribution is 2.41. The number of hydrogen-bond donors (Lipinski definition) is 2. The van der Waals surface area contributed by atoms with Crippen LogP contribution in [0, 0.1) is 0 Å². The lowest BCUT2D eigenvalue weighted by atomic mass is 9.75. The number of hydrogen-bond acceptors (Lipinski definition) is 3. The molecule has 1 aromatic heterocycles. The number of fused-ring (bicyclic) bond motifs is 1. The summed E-state index contributed by atoms with van der Waals surface area (Å²) in [5.74, 6) is 0. The summed E-state index contributed by atoms with van der Waals surface area (Å²) in [7, 11) is 0. The van der Waals surface area contributed by atoms with Gasteiger partial charge in [-0.25, -0.2) is 0 Å². The van der Waals surface area contributed by atoms with E-state index in [0.29, 0.717) is 0 Å². The standard InChI is InChI=1S/C23H25N3O/c27-23(10-2-11-23)21-7-4-17(5-8-21)16-26-12-1-3-19-13-18(6-9-22(19)26)20-14-24-25-15-20/h4-9,13-15,27H,1-3,10-12,16H2,(H,24,25). The van der Waals surface area contributed by atoms with E-state index < -0.39 is 5.60 Å². The Morgan fingerprint density at radius 3 is 2.59 bits per heavy atom. The average Bonchev–Trinajstić information content (AvgIpc) is 3.21. The molecular formula is C23H25N3O. The summed E-state index contributed by atoms with van der Waals surface area (Å²) in [6, 6.07) is 15.3. The molecule has 2 aliphatic rings. The Morgan fingerprint density at radius 1 is 1.04 bits per heavy atom. The fourth-order valence-corrected chi connectivity index (χ4v) is 4.37. The third-order valence-electron chi connectivity index (χ3n) is 6.17. The van der Waals surface area contributed by atoms with Crippen LogP contribution in [0.1, 0.15) is 42.4 Å². The Kier molecular flexibility index (Phi) is 4.01. The summed E-state index contributed by atoms with van der Waals surface area (Å²) in [4.78, 5) is 2.48. The van der Waals surface area contributed by atoms with Gasteiger partial charge in [0.2, 0.25) is 0 Å². The fourth-order valence-electron chi connectivity index (χ4n) is 4.37.